The number of hydrogen-bond donors (Lipinski definition) is 3. The summed E-state index contributed by atoms with van der Waals surface area (Å²) in [6.45, 7) is 9.85. The van der Waals surface area contributed by atoms with E-state index in [1.165, 1.54) is 9.75 Å². The highest BCUT2D eigenvalue weighted by Crippen LogP contribution is 2.20. The molecule has 1 aromatic heterocycles. The first kappa shape index (κ1) is 23.7. The number of aliphatic hydroxyl groups excluding tert-OH is 1. The maximum absolute atomic E-state index is 10.5. The predicted octanol–water partition coefficient (Wildman–Crippen LogP) is 4.25. The number of benzene rings is 1. The summed E-state index contributed by atoms with van der Waals surface area (Å²) in [6.07, 6.45) is -0.535. The highest BCUT2D eigenvalue weighted by atomic mass is 127. The molecular weight excluding hydrogens is 473 g/mol. The molecule has 0 saturated carbocycles. The zero-order chi connectivity index (χ0) is 18.9. The average molecular weight is 503 g/mol. The van der Waals surface area contributed by atoms with Gasteiger partial charge >= 0.3 is 0 Å². The van der Waals surface area contributed by atoms with Gasteiger partial charge in [-0.15, -0.1) is 35.3 Å². The molecule has 0 amide bonds. The van der Waals surface area contributed by atoms with E-state index in [4.69, 9.17) is 4.74 Å². The van der Waals surface area contributed by atoms with E-state index in [0.717, 1.165) is 17.9 Å². The summed E-state index contributed by atoms with van der Waals surface area (Å²) in [5.41, 5.74) is 0.820. The third-order valence-electron chi connectivity index (χ3n) is 3.61. The number of thiophene rings is 1. The van der Waals surface area contributed by atoms with E-state index < -0.39 is 6.10 Å². The van der Waals surface area contributed by atoms with E-state index in [1.54, 1.807) is 11.3 Å². The molecule has 0 aliphatic heterocycles. The largest absolute Gasteiger partial charge is 0.491 e. The van der Waals surface area contributed by atoms with Gasteiger partial charge in [0.15, 0.2) is 5.96 Å². The second-order valence-electron chi connectivity index (χ2n) is 6.34. The van der Waals surface area contributed by atoms with Crippen molar-refractivity contribution in [3.8, 4) is 5.75 Å². The monoisotopic (exact) mass is 503 g/mol. The molecule has 2 aromatic rings. The second kappa shape index (κ2) is 12.2. The number of aliphatic hydroxyl groups is 1. The molecule has 1 atom stereocenters. The number of hydrogen-bond acceptors (Lipinski definition) is 4. The molecule has 2 rings (SSSR count). The van der Waals surface area contributed by atoms with Gasteiger partial charge in [0.25, 0.3) is 0 Å². The molecule has 0 bridgehead atoms. The Morgan fingerprint density at radius 2 is 2.00 bits per heavy atom. The number of guanidine groups is 1. The molecule has 150 valence electrons. The topological polar surface area (TPSA) is 65.9 Å². The average Bonchev–Trinajstić information content (AvgIpc) is 3.02. The molecule has 27 heavy (non-hydrogen) atoms. The lowest BCUT2D eigenvalue weighted by molar-refractivity contribution is 0.179. The fraction of sp³-hybridized carbons (Fsp3) is 0.450. The molecule has 5 nitrogen and oxygen atoms in total. The lowest BCUT2D eigenvalue weighted by Crippen LogP contribution is -2.39. The van der Waals surface area contributed by atoms with Crippen molar-refractivity contribution in [3.05, 3.63) is 51.7 Å². The molecule has 0 aliphatic rings. The number of nitrogens with one attached hydrogen (secondary N) is 2. The van der Waals surface area contributed by atoms with Crippen LogP contribution in [0, 0.1) is 6.92 Å². The van der Waals surface area contributed by atoms with Crippen molar-refractivity contribution >= 4 is 41.3 Å². The van der Waals surface area contributed by atoms with Gasteiger partial charge in [-0.25, -0.2) is 4.99 Å². The Kier molecular flexibility index (Phi) is 10.7. The SMILES string of the molecule is CCNC(=NCc1ccc(C)s1)NCC(O)c1cccc(OC(C)C)c1.I. The van der Waals surface area contributed by atoms with E-state index in [0.29, 0.717) is 19.0 Å². The minimum Gasteiger partial charge on any atom is -0.491 e. The third-order valence-corrected chi connectivity index (χ3v) is 4.60. The number of nitrogens with zero attached hydrogens (tertiary/aromatic N) is 1. The van der Waals surface area contributed by atoms with Crippen LogP contribution in [0.25, 0.3) is 0 Å². The van der Waals surface area contributed by atoms with Crippen LogP contribution in [0.3, 0.4) is 0 Å². The van der Waals surface area contributed by atoms with Crippen LogP contribution in [-0.4, -0.2) is 30.3 Å². The predicted molar refractivity (Wildman–Crippen MR) is 124 cm³/mol. The van der Waals surface area contributed by atoms with Crippen molar-refractivity contribution < 1.29 is 9.84 Å². The number of rotatable bonds is 8. The van der Waals surface area contributed by atoms with Gasteiger partial charge in [-0.2, -0.15) is 0 Å². The van der Waals surface area contributed by atoms with Crippen molar-refractivity contribution in [2.75, 3.05) is 13.1 Å². The van der Waals surface area contributed by atoms with Crippen molar-refractivity contribution in [3.63, 3.8) is 0 Å². The Balaban J connectivity index is 0.00000364. The van der Waals surface area contributed by atoms with Gasteiger partial charge in [-0.05, 0) is 57.5 Å². The van der Waals surface area contributed by atoms with Gasteiger partial charge in [0.05, 0.1) is 18.8 Å². The van der Waals surface area contributed by atoms with Crippen LogP contribution in [0.2, 0.25) is 0 Å². The van der Waals surface area contributed by atoms with Gasteiger partial charge in [-0.1, -0.05) is 12.1 Å². The summed E-state index contributed by atoms with van der Waals surface area (Å²) in [5.74, 6) is 1.47. The Morgan fingerprint density at radius 1 is 1.22 bits per heavy atom. The quantitative estimate of drug-likeness (QED) is 0.286. The first-order chi connectivity index (χ1) is 12.5. The Bertz CT molecular complexity index is 719. The lowest BCUT2D eigenvalue weighted by Gasteiger charge is -2.17. The van der Waals surface area contributed by atoms with Crippen LogP contribution in [0.5, 0.6) is 5.75 Å². The molecule has 1 aromatic carbocycles. The van der Waals surface area contributed by atoms with E-state index in [-0.39, 0.29) is 30.1 Å². The molecule has 0 aliphatic carbocycles. The van der Waals surface area contributed by atoms with Crippen LogP contribution in [0.1, 0.15) is 42.2 Å². The van der Waals surface area contributed by atoms with E-state index in [9.17, 15) is 5.11 Å². The third kappa shape index (κ3) is 8.49. The number of ether oxygens (including phenoxy) is 1. The van der Waals surface area contributed by atoms with Crippen LogP contribution in [-0.2, 0) is 6.54 Å². The minimum atomic E-state index is -0.640. The summed E-state index contributed by atoms with van der Waals surface area (Å²) in [5, 5.41) is 16.9. The summed E-state index contributed by atoms with van der Waals surface area (Å²) < 4.78 is 5.69. The summed E-state index contributed by atoms with van der Waals surface area (Å²) >= 11 is 1.75. The van der Waals surface area contributed by atoms with Gasteiger partial charge < -0.3 is 20.5 Å². The van der Waals surface area contributed by atoms with Crippen molar-refractivity contribution in [1.29, 1.82) is 0 Å². The zero-order valence-corrected chi connectivity index (χ0v) is 19.5. The minimum absolute atomic E-state index is 0. The Morgan fingerprint density at radius 3 is 2.63 bits per heavy atom. The molecule has 0 fully saturated rings. The van der Waals surface area contributed by atoms with Crippen molar-refractivity contribution in [2.24, 2.45) is 4.99 Å². The zero-order valence-electron chi connectivity index (χ0n) is 16.4. The Labute approximate surface area is 183 Å². The molecule has 7 heteroatoms. The molecular formula is C20H30IN3O2S. The maximum atomic E-state index is 10.5. The van der Waals surface area contributed by atoms with Crippen LogP contribution in [0.4, 0.5) is 0 Å². The highest BCUT2D eigenvalue weighted by Gasteiger charge is 2.10. The molecule has 0 saturated heterocycles. The highest BCUT2D eigenvalue weighted by molar-refractivity contribution is 14.0. The maximum Gasteiger partial charge on any atom is 0.191 e. The van der Waals surface area contributed by atoms with E-state index in [2.05, 4.69) is 34.7 Å². The summed E-state index contributed by atoms with van der Waals surface area (Å²) in [6, 6.07) is 11.8. The number of aliphatic imine (C=N–C) groups is 1. The Hall–Kier alpha value is -1.32. The molecule has 0 spiro atoms. The van der Waals surface area contributed by atoms with Crippen LogP contribution in [0.15, 0.2) is 41.4 Å². The van der Waals surface area contributed by atoms with Crippen LogP contribution >= 0.6 is 35.3 Å². The molecule has 3 N–H and O–H groups in total. The fourth-order valence-electron chi connectivity index (χ4n) is 2.45. The van der Waals surface area contributed by atoms with E-state index in [1.807, 2.05) is 45.0 Å². The second-order valence-corrected chi connectivity index (χ2v) is 7.72. The smallest absolute Gasteiger partial charge is 0.191 e. The molecule has 1 unspecified atom stereocenters. The lowest BCUT2D eigenvalue weighted by atomic mass is 10.1. The van der Waals surface area contributed by atoms with Gasteiger partial charge in [-0.3, -0.25) is 0 Å². The molecule has 1 heterocycles. The van der Waals surface area contributed by atoms with Gasteiger partial charge in [0, 0.05) is 22.8 Å². The summed E-state index contributed by atoms with van der Waals surface area (Å²) in [7, 11) is 0. The standard InChI is InChI=1S/C20H29N3O2S.HI/c1-5-21-20(22-12-18-10-9-15(4)26-18)23-13-19(24)16-7-6-8-17(11-16)25-14(2)3;/h6-11,14,19,24H,5,12-13H2,1-4H3,(H2,21,22,23);1H. The number of halogens is 1. The fourth-order valence-corrected chi connectivity index (χ4v) is 3.26. The van der Waals surface area contributed by atoms with Gasteiger partial charge in [0.2, 0.25) is 0 Å². The van der Waals surface area contributed by atoms with Gasteiger partial charge in [0.1, 0.15) is 5.75 Å². The van der Waals surface area contributed by atoms with E-state index >= 15 is 0 Å². The first-order valence-corrected chi connectivity index (χ1v) is 9.81. The van der Waals surface area contributed by atoms with Crippen molar-refractivity contribution in [2.45, 2.75) is 46.4 Å². The molecule has 0 radical (unpaired) electrons. The number of aryl methyl sites for hydroxylation is 1. The summed E-state index contributed by atoms with van der Waals surface area (Å²) in [4.78, 5) is 7.09. The normalized spacial score (nSPS) is 12.4. The van der Waals surface area contributed by atoms with Crippen molar-refractivity contribution in [1.82, 2.24) is 10.6 Å². The van der Waals surface area contributed by atoms with Crippen LogP contribution < -0.4 is 15.4 Å². The first-order valence-electron chi connectivity index (χ1n) is 9.00.